The molecule has 0 aliphatic heterocycles. The summed E-state index contributed by atoms with van der Waals surface area (Å²) < 4.78 is 0. The van der Waals surface area contributed by atoms with Crippen molar-refractivity contribution in [3.8, 4) is 0 Å². The summed E-state index contributed by atoms with van der Waals surface area (Å²) in [7, 11) is 0. The van der Waals surface area contributed by atoms with E-state index in [0.29, 0.717) is 6.42 Å². The van der Waals surface area contributed by atoms with Crippen LogP contribution in [0.5, 0.6) is 0 Å². The van der Waals surface area contributed by atoms with E-state index >= 15 is 0 Å². The first-order valence-electron chi connectivity index (χ1n) is 5.43. The zero-order chi connectivity index (χ0) is 11.5. The molecule has 2 N–H and O–H groups in total. The fourth-order valence-corrected chi connectivity index (χ4v) is 2.08. The summed E-state index contributed by atoms with van der Waals surface area (Å²) in [6.07, 6.45) is 3.83. The molecule has 1 fully saturated rings. The lowest BCUT2D eigenvalue weighted by Gasteiger charge is -2.12. The zero-order valence-corrected chi connectivity index (χ0v) is 9.18. The van der Waals surface area contributed by atoms with Crippen molar-refractivity contribution in [1.82, 2.24) is 9.97 Å². The molecule has 1 aromatic heterocycles. The summed E-state index contributed by atoms with van der Waals surface area (Å²) in [6.45, 7) is 1.90. The van der Waals surface area contributed by atoms with Gasteiger partial charge in [-0.2, -0.15) is 0 Å². The summed E-state index contributed by atoms with van der Waals surface area (Å²) in [5.74, 6) is -0.118. The lowest BCUT2D eigenvalue weighted by molar-refractivity contribution is -0.141. The molecular weight excluding hydrogens is 206 g/mol. The molecule has 2 atom stereocenters. The van der Waals surface area contributed by atoms with Gasteiger partial charge < -0.3 is 10.4 Å². The van der Waals surface area contributed by atoms with Crippen molar-refractivity contribution in [2.24, 2.45) is 5.92 Å². The van der Waals surface area contributed by atoms with Gasteiger partial charge in [0.1, 0.15) is 12.1 Å². The van der Waals surface area contributed by atoms with Gasteiger partial charge in [-0.05, 0) is 26.2 Å². The van der Waals surface area contributed by atoms with E-state index < -0.39 is 5.97 Å². The van der Waals surface area contributed by atoms with E-state index in [1.54, 1.807) is 0 Å². The molecule has 86 valence electrons. The summed E-state index contributed by atoms with van der Waals surface area (Å²) in [5, 5.41) is 12.1. The first kappa shape index (κ1) is 10.9. The maximum absolute atomic E-state index is 10.8. The number of aromatic nitrogens is 2. The van der Waals surface area contributed by atoms with Crippen molar-refractivity contribution in [3.05, 3.63) is 18.1 Å². The number of anilines is 1. The minimum Gasteiger partial charge on any atom is -0.481 e. The SMILES string of the molecule is Cc1cc(NC2CCC(C(=O)O)C2)ncn1. The Labute approximate surface area is 93.9 Å². The Morgan fingerprint density at radius 2 is 2.31 bits per heavy atom. The molecule has 1 aliphatic carbocycles. The van der Waals surface area contributed by atoms with E-state index in [9.17, 15) is 4.79 Å². The van der Waals surface area contributed by atoms with Gasteiger partial charge in [-0.15, -0.1) is 0 Å². The molecule has 1 heterocycles. The maximum Gasteiger partial charge on any atom is 0.306 e. The van der Waals surface area contributed by atoms with Crippen molar-refractivity contribution in [1.29, 1.82) is 0 Å². The fraction of sp³-hybridized carbons (Fsp3) is 0.545. The first-order chi connectivity index (χ1) is 7.65. The number of aliphatic carboxylic acids is 1. The molecular formula is C11H15N3O2. The Bertz CT molecular complexity index is 395. The van der Waals surface area contributed by atoms with Crippen LogP contribution in [0.25, 0.3) is 0 Å². The zero-order valence-electron chi connectivity index (χ0n) is 9.18. The van der Waals surface area contributed by atoms with Crippen LogP contribution in [0.2, 0.25) is 0 Å². The highest BCUT2D eigenvalue weighted by Crippen LogP contribution is 2.27. The second-order valence-electron chi connectivity index (χ2n) is 4.23. The Morgan fingerprint density at radius 1 is 1.50 bits per heavy atom. The van der Waals surface area contributed by atoms with Gasteiger partial charge in [0.25, 0.3) is 0 Å². The van der Waals surface area contributed by atoms with Gasteiger partial charge >= 0.3 is 5.97 Å². The molecule has 2 unspecified atom stereocenters. The van der Waals surface area contributed by atoms with Crippen LogP contribution in [0.4, 0.5) is 5.82 Å². The van der Waals surface area contributed by atoms with Crippen LogP contribution in [0.1, 0.15) is 25.0 Å². The van der Waals surface area contributed by atoms with Crippen molar-refractivity contribution in [2.45, 2.75) is 32.2 Å². The number of carboxylic acid groups (broad SMARTS) is 1. The molecule has 0 spiro atoms. The van der Waals surface area contributed by atoms with E-state index in [4.69, 9.17) is 5.11 Å². The van der Waals surface area contributed by atoms with Crippen LogP contribution in [-0.4, -0.2) is 27.1 Å². The van der Waals surface area contributed by atoms with E-state index in [2.05, 4.69) is 15.3 Å². The highest BCUT2D eigenvalue weighted by molar-refractivity contribution is 5.70. The van der Waals surface area contributed by atoms with E-state index in [1.807, 2.05) is 13.0 Å². The molecule has 2 rings (SSSR count). The van der Waals surface area contributed by atoms with Gasteiger partial charge in [0.2, 0.25) is 0 Å². The maximum atomic E-state index is 10.8. The number of carboxylic acids is 1. The van der Waals surface area contributed by atoms with Crippen LogP contribution in [0.3, 0.4) is 0 Å². The Balaban J connectivity index is 1.94. The predicted molar refractivity (Wildman–Crippen MR) is 59.2 cm³/mol. The van der Waals surface area contributed by atoms with Crippen molar-refractivity contribution >= 4 is 11.8 Å². The van der Waals surface area contributed by atoms with E-state index in [1.165, 1.54) is 6.33 Å². The molecule has 0 radical (unpaired) electrons. The highest BCUT2D eigenvalue weighted by Gasteiger charge is 2.29. The quantitative estimate of drug-likeness (QED) is 0.808. The van der Waals surface area contributed by atoms with Gasteiger partial charge in [-0.3, -0.25) is 4.79 Å². The van der Waals surface area contributed by atoms with E-state index in [0.717, 1.165) is 24.4 Å². The Kier molecular flexibility index (Phi) is 3.03. The van der Waals surface area contributed by atoms with Crippen LogP contribution in [0.15, 0.2) is 12.4 Å². The van der Waals surface area contributed by atoms with Crippen LogP contribution < -0.4 is 5.32 Å². The largest absolute Gasteiger partial charge is 0.481 e. The lowest BCUT2D eigenvalue weighted by Crippen LogP contribution is -2.18. The molecule has 0 saturated heterocycles. The topological polar surface area (TPSA) is 75.1 Å². The summed E-state index contributed by atoms with van der Waals surface area (Å²) in [4.78, 5) is 18.9. The molecule has 1 aromatic rings. The highest BCUT2D eigenvalue weighted by atomic mass is 16.4. The number of nitrogens with zero attached hydrogens (tertiary/aromatic N) is 2. The van der Waals surface area contributed by atoms with Crippen molar-refractivity contribution in [3.63, 3.8) is 0 Å². The number of rotatable bonds is 3. The number of nitrogens with one attached hydrogen (secondary N) is 1. The standard InChI is InChI=1S/C11H15N3O2/c1-7-4-10(13-6-12-7)14-9-3-2-8(5-9)11(15)16/h4,6,8-9H,2-3,5H2,1H3,(H,15,16)(H,12,13,14). The van der Waals surface area contributed by atoms with Crippen molar-refractivity contribution in [2.75, 3.05) is 5.32 Å². The van der Waals surface area contributed by atoms with Gasteiger partial charge in [0, 0.05) is 17.8 Å². The van der Waals surface area contributed by atoms with Crippen LogP contribution in [-0.2, 0) is 4.79 Å². The van der Waals surface area contributed by atoms with Crippen LogP contribution >= 0.6 is 0 Å². The van der Waals surface area contributed by atoms with Gasteiger partial charge in [-0.1, -0.05) is 0 Å². The third-order valence-electron chi connectivity index (χ3n) is 2.94. The Hall–Kier alpha value is -1.65. The monoisotopic (exact) mass is 221 g/mol. The average Bonchev–Trinajstić information content (AvgIpc) is 2.66. The fourth-order valence-electron chi connectivity index (χ4n) is 2.08. The normalized spacial score (nSPS) is 24.3. The lowest BCUT2D eigenvalue weighted by atomic mass is 10.1. The summed E-state index contributed by atoms with van der Waals surface area (Å²) in [6, 6.07) is 2.09. The van der Waals surface area contributed by atoms with Gasteiger partial charge in [-0.25, -0.2) is 9.97 Å². The molecule has 0 amide bonds. The predicted octanol–water partition coefficient (Wildman–Crippen LogP) is 1.45. The average molecular weight is 221 g/mol. The van der Waals surface area contributed by atoms with Gasteiger partial charge in [0.15, 0.2) is 0 Å². The Morgan fingerprint density at radius 3 is 2.94 bits per heavy atom. The van der Waals surface area contributed by atoms with Gasteiger partial charge in [0.05, 0.1) is 5.92 Å². The number of aryl methyl sites for hydroxylation is 1. The summed E-state index contributed by atoms with van der Waals surface area (Å²) >= 11 is 0. The molecule has 0 bridgehead atoms. The molecule has 1 saturated carbocycles. The molecule has 1 aliphatic rings. The van der Waals surface area contributed by atoms with Crippen molar-refractivity contribution < 1.29 is 9.90 Å². The molecule has 0 aromatic carbocycles. The minimum atomic E-state index is -0.692. The second-order valence-corrected chi connectivity index (χ2v) is 4.23. The third-order valence-corrected chi connectivity index (χ3v) is 2.94. The summed E-state index contributed by atoms with van der Waals surface area (Å²) in [5.41, 5.74) is 0.908. The molecule has 16 heavy (non-hydrogen) atoms. The third kappa shape index (κ3) is 2.48. The number of carbonyl (C=O) groups is 1. The first-order valence-corrected chi connectivity index (χ1v) is 5.43. The van der Waals surface area contributed by atoms with E-state index in [-0.39, 0.29) is 12.0 Å². The minimum absolute atomic E-state index is 0.208. The smallest absolute Gasteiger partial charge is 0.306 e. The van der Waals surface area contributed by atoms with Crippen LogP contribution in [0, 0.1) is 12.8 Å². The molecule has 5 nitrogen and oxygen atoms in total. The number of hydrogen-bond donors (Lipinski definition) is 2. The molecule has 5 heteroatoms. The number of hydrogen-bond acceptors (Lipinski definition) is 4. The second kappa shape index (κ2) is 4.47.